The molecule has 4 rings (SSSR count). The second-order valence-corrected chi connectivity index (χ2v) is 6.04. The molecule has 0 saturated heterocycles. The highest BCUT2D eigenvalue weighted by atomic mass is 16.7. The van der Waals surface area contributed by atoms with E-state index in [1.54, 1.807) is 36.4 Å². The van der Waals surface area contributed by atoms with Gasteiger partial charge in [-0.1, -0.05) is 34.0 Å². The van der Waals surface area contributed by atoms with Gasteiger partial charge in [-0.2, -0.15) is 0 Å². The third kappa shape index (κ3) is 3.80. The third-order valence-corrected chi connectivity index (χ3v) is 4.03. The lowest BCUT2D eigenvalue weighted by Crippen LogP contribution is -2.22. The first-order valence-corrected chi connectivity index (χ1v) is 8.74. The maximum atomic E-state index is 12.0. The van der Waals surface area contributed by atoms with E-state index in [1.165, 1.54) is 0 Å². The SMILES string of the molecule is O=C(CCCCC(=O)On1nnc2ccccc21)On1nnc2ccccc21. The van der Waals surface area contributed by atoms with Gasteiger partial charge in [0.1, 0.15) is 22.1 Å². The number of fused-ring (bicyclic) bond motifs is 2. The van der Waals surface area contributed by atoms with Crippen LogP contribution in [0.2, 0.25) is 0 Å². The van der Waals surface area contributed by atoms with Gasteiger partial charge in [-0.25, -0.2) is 9.59 Å². The summed E-state index contributed by atoms with van der Waals surface area (Å²) in [6.07, 6.45) is 1.23. The summed E-state index contributed by atoms with van der Waals surface area (Å²) in [6.45, 7) is 0. The van der Waals surface area contributed by atoms with Crippen molar-refractivity contribution in [3.63, 3.8) is 0 Å². The van der Waals surface area contributed by atoms with Crippen LogP contribution in [-0.2, 0) is 9.59 Å². The highest BCUT2D eigenvalue weighted by Crippen LogP contribution is 2.10. The predicted molar refractivity (Wildman–Crippen MR) is 96.7 cm³/mol. The Hall–Kier alpha value is -3.82. The number of aromatic nitrogens is 6. The van der Waals surface area contributed by atoms with Crippen LogP contribution >= 0.6 is 0 Å². The Morgan fingerprint density at radius 1 is 0.714 bits per heavy atom. The molecule has 0 bridgehead atoms. The molecule has 0 aliphatic heterocycles. The second-order valence-electron chi connectivity index (χ2n) is 6.04. The Morgan fingerprint density at radius 2 is 1.14 bits per heavy atom. The highest BCUT2D eigenvalue weighted by molar-refractivity contribution is 5.76. The molecule has 0 fully saturated rings. The summed E-state index contributed by atoms with van der Waals surface area (Å²) in [5.41, 5.74) is 2.50. The van der Waals surface area contributed by atoms with E-state index in [4.69, 9.17) is 9.68 Å². The van der Waals surface area contributed by atoms with E-state index in [9.17, 15) is 9.59 Å². The highest BCUT2D eigenvalue weighted by Gasteiger charge is 2.12. The Labute approximate surface area is 158 Å². The first kappa shape index (κ1) is 17.6. The fraction of sp³-hybridized carbons (Fsp3) is 0.222. The summed E-state index contributed by atoms with van der Waals surface area (Å²) in [6, 6.07) is 14.3. The van der Waals surface area contributed by atoms with Crippen molar-refractivity contribution >= 4 is 34.0 Å². The van der Waals surface area contributed by atoms with Crippen molar-refractivity contribution in [1.29, 1.82) is 0 Å². The molecular weight excluding hydrogens is 364 g/mol. The van der Waals surface area contributed by atoms with E-state index in [0.717, 1.165) is 9.69 Å². The predicted octanol–water partition coefficient (Wildman–Crippen LogP) is 1.35. The van der Waals surface area contributed by atoms with E-state index in [-0.39, 0.29) is 12.8 Å². The average Bonchev–Trinajstić information content (AvgIpc) is 3.30. The maximum Gasteiger partial charge on any atom is 0.335 e. The Kier molecular flexibility index (Phi) is 4.91. The smallest absolute Gasteiger partial charge is 0.317 e. The van der Waals surface area contributed by atoms with Gasteiger partial charge in [0.2, 0.25) is 0 Å². The third-order valence-electron chi connectivity index (χ3n) is 4.03. The quantitative estimate of drug-likeness (QED) is 0.349. The van der Waals surface area contributed by atoms with Gasteiger partial charge in [-0.15, -0.1) is 10.2 Å². The van der Waals surface area contributed by atoms with Crippen LogP contribution in [0, 0.1) is 0 Å². The molecule has 0 atom stereocenters. The minimum absolute atomic E-state index is 0.147. The van der Waals surface area contributed by atoms with Gasteiger partial charge in [0, 0.05) is 12.8 Å². The zero-order valence-corrected chi connectivity index (χ0v) is 14.8. The molecule has 0 radical (unpaired) electrons. The van der Waals surface area contributed by atoms with Gasteiger partial charge >= 0.3 is 11.9 Å². The molecule has 2 aromatic carbocycles. The van der Waals surface area contributed by atoms with Gasteiger partial charge < -0.3 is 9.68 Å². The van der Waals surface area contributed by atoms with Crippen LogP contribution in [0.15, 0.2) is 48.5 Å². The molecule has 142 valence electrons. The molecule has 4 aromatic rings. The number of unbranched alkanes of at least 4 members (excludes halogenated alkanes) is 1. The minimum atomic E-state index is -0.453. The Balaban J connectivity index is 1.22. The monoisotopic (exact) mass is 380 g/mol. The van der Waals surface area contributed by atoms with Gasteiger partial charge in [0.05, 0.1) is 0 Å². The molecule has 2 heterocycles. The van der Waals surface area contributed by atoms with Crippen LogP contribution in [0.3, 0.4) is 0 Å². The zero-order chi connectivity index (χ0) is 19.3. The lowest BCUT2D eigenvalue weighted by molar-refractivity contribution is -0.147. The van der Waals surface area contributed by atoms with Gasteiger partial charge in [-0.05, 0) is 47.5 Å². The van der Waals surface area contributed by atoms with Crippen LogP contribution in [0.1, 0.15) is 25.7 Å². The number of carbonyl (C=O) groups is 2. The van der Waals surface area contributed by atoms with Crippen molar-refractivity contribution < 1.29 is 19.3 Å². The molecule has 10 nitrogen and oxygen atoms in total. The molecule has 0 amide bonds. The summed E-state index contributed by atoms with van der Waals surface area (Å²) in [7, 11) is 0. The first-order chi connectivity index (χ1) is 13.7. The molecule has 28 heavy (non-hydrogen) atoms. The fourth-order valence-electron chi connectivity index (χ4n) is 2.65. The number of benzene rings is 2. The molecule has 0 aliphatic carbocycles. The molecule has 0 saturated carbocycles. The average molecular weight is 380 g/mol. The summed E-state index contributed by atoms with van der Waals surface area (Å²) in [4.78, 5) is 36.4. The van der Waals surface area contributed by atoms with E-state index < -0.39 is 11.9 Å². The van der Waals surface area contributed by atoms with Crippen molar-refractivity contribution in [2.45, 2.75) is 25.7 Å². The minimum Gasteiger partial charge on any atom is -0.317 e. The van der Waals surface area contributed by atoms with Crippen molar-refractivity contribution in [3.8, 4) is 0 Å². The number of carbonyl (C=O) groups excluding carboxylic acids is 2. The standard InChI is InChI=1S/C18H16N6O4/c25-17(27-23-15-9-3-1-7-13(15)19-21-23)11-5-6-12-18(26)28-24-16-10-4-2-8-14(16)20-22-24/h1-4,7-10H,5-6,11-12H2. The van der Waals surface area contributed by atoms with E-state index in [2.05, 4.69) is 20.6 Å². The van der Waals surface area contributed by atoms with Crippen LogP contribution in [0.25, 0.3) is 22.1 Å². The van der Waals surface area contributed by atoms with Crippen LogP contribution in [0.4, 0.5) is 0 Å². The summed E-state index contributed by atoms with van der Waals surface area (Å²) in [5.74, 6) is -0.905. The lowest BCUT2D eigenvalue weighted by atomic mass is 10.2. The summed E-state index contributed by atoms with van der Waals surface area (Å²) in [5, 5.41) is 15.4. The van der Waals surface area contributed by atoms with Crippen molar-refractivity contribution in [1.82, 2.24) is 30.3 Å². The molecule has 10 heteroatoms. The van der Waals surface area contributed by atoms with Gasteiger partial charge in [0.15, 0.2) is 0 Å². The van der Waals surface area contributed by atoms with Gasteiger partial charge in [0.25, 0.3) is 0 Å². The number of hydrogen-bond donors (Lipinski definition) is 0. The number of para-hydroxylation sites is 2. The number of rotatable bonds is 7. The van der Waals surface area contributed by atoms with Crippen LogP contribution < -0.4 is 9.68 Å². The summed E-state index contributed by atoms with van der Waals surface area (Å²) < 4.78 is 0. The van der Waals surface area contributed by atoms with E-state index >= 15 is 0 Å². The fourth-order valence-corrected chi connectivity index (χ4v) is 2.65. The normalized spacial score (nSPS) is 11.0. The van der Waals surface area contributed by atoms with Crippen molar-refractivity contribution in [2.24, 2.45) is 0 Å². The van der Waals surface area contributed by atoms with Crippen molar-refractivity contribution in [3.05, 3.63) is 48.5 Å². The lowest BCUT2D eigenvalue weighted by Gasteiger charge is -2.04. The van der Waals surface area contributed by atoms with Crippen LogP contribution in [0.5, 0.6) is 0 Å². The zero-order valence-electron chi connectivity index (χ0n) is 14.8. The second kappa shape index (κ2) is 7.82. The molecule has 0 spiro atoms. The maximum absolute atomic E-state index is 12.0. The van der Waals surface area contributed by atoms with Crippen LogP contribution in [-0.4, -0.2) is 42.3 Å². The molecule has 2 aromatic heterocycles. The molecular formula is C18H16N6O4. The Bertz CT molecular complexity index is 1050. The number of hydrogen-bond acceptors (Lipinski definition) is 8. The number of nitrogens with zero attached hydrogens (tertiary/aromatic N) is 6. The molecule has 0 unspecified atom stereocenters. The topological polar surface area (TPSA) is 114 Å². The van der Waals surface area contributed by atoms with E-state index in [0.29, 0.717) is 34.9 Å². The largest absolute Gasteiger partial charge is 0.335 e. The molecule has 0 aliphatic rings. The van der Waals surface area contributed by atoms with Crippen molar-refractivity contribution in [2.75, 3.05) is 0 Å². The first-order valence-electron chi connectivity index (χ1n) is 8.74. The van der Waals surface area contributed by atoms with E-state index in [1.807, 2.05) is 12.1 Å². The van der Waals surface area contributed by atoms with Gasteiger partial charge in [-0.3, -0.25) is 0 Å². The summed E-state index contributed by atoms with van der Waals surface area (Å²) >= 11 is 0. The molecule has 0 N–H and O–H groups in total. The Morgan fingerprint density at radius 3 is 1.61 bits per heavy atom.